The quantitative estimate of drug-likeness (QED) is 0.886. The van der Waals surface area contributed by atoms with Gasteiger partial charge >= 0.3 is 0 Å². The predicted octanol–water partition coefficient (Wildman–Crippen LogP) is 1.87. The number of anilines is 1. The Hall–Kier alpha value is -2.90. The summed E-state index contributed by atoms with van der Waals surface area (Å²) in [5, 5.41) is 2.92. The van der Waals surface area contributed by atoms with E-state index in [0.29, 0.717) is 49.3 Å². The summed E-state index contributed by atoms with van der Waals surface area (Å²) >= 11 is 0. The fourth-order valence-corrected chi connectivity index (χ4v) is 2.93. The molecule has 1 fully saturated rings. The molecule has 144 valence electrons. The van der Waals surface area contributed by atoms with Gasteiger partial charge in [0.15, 0.2) is 5.76 Å². The average molecular weight is 371 g/mol. The first-order valence-electron chi connectivity index (χ1n) is 8.99. The third kappa shape index (κ3) is 4.64. The van der Waals surface area contributed by atoms with Crippen molar-refractivity contribution in [3.63, 3.8) is 0 Å². The zero-order valence-corrected chi connectivity index (χ0v) is 16.2. The maximum atomic E-state index is 12.4. The first-order valence-corrected chi connectivity index (χ1v) is 8.99. The number of nitrogens with one attached hydrogen (secondary N) is 1. The van der Waals surface area contributed by atoms with Gasteiger partial charge in [0.25, 0.3) is 11.8 Å². The van der Waals surface area contributed by atoms with Crippen LogP contribution in [0.1, 0.15) is 47.6 Å². The third-order valence-corrected chi connectivity index (χ3v) is 4.17. The fourth-order valence-electron chi connectivity index (χ4n) is 2.93. The smallest absolute Gasteiger partial charge is 0.289 e. The first-order chi connectivity index (χ1) is 12.7. The van der Waals surface area contributed by atoms with Crippen molar-refractivity contribution in [1.29, 1.82) is 0 Å². The van der Waals surface area contributed by atoms with Gasteiger partial charge in [0, 0.05) is 37.8 Å². The summed E-state index contributed by atoms with van der Waals surface area (Å²) < 4.78 is 5.19. The van der Waals surface area contributed by atoms with E-state index in [4.69, 9.17) is 4.42 Å². The van der Waals surface area contributed by atoms with Crippen LogP contribution in [0.4, 0.5) is 5.82 Å². The highest BCUT2D eigenvalue weighted by atomic mass is 16.3. The molecule has 0 bridgehead atoms. The maximum Gasteiger partial charge on any atom is 0.289 e. The predicted molar refractivity (Wildman–Crippen MR) is 101 cm³/mol. The van der Waals surface area contributed by atoms with Gasteiger partial charge < -0.3 is 19.5 Å². The van der Waals surface area contributed by atoms with Crippen LogP contribution in [-0.4, -0.2) is 58.4 Å². The van der Waals surface area contributed by atoms with Crippen LogP contribution < -0.4 is 10.2 Å². The summed E-state index contributed by atoms with van der Waals surface area (Å²) in [6, 6.07) is 5.08. The normalized spacial score (nSPS) is 15.0. The van der Waals surface area contributed by atoms with Gasteiger partial charge in [-0.05, 0) is 39.8 Å². The lowest BCUT2D eigenvalue weighted by molar-refractivity contribution is 0.0714. The zero-order chi connectivity index (χ0) is 19.6. The highest BCUT2D eigenvalue weighted by Crippen LogP contribution is 2.17. The second kappa shape index (κ2) is 7.38. The van der Waals surface area contributed by atoms with Crippen LogP contribution in [0.5, 0.6) is 0 Å². The fraction of sp³-hybridized carbons (Fsp3) is 0.474. The molecule has 3 rings (SSSR count). The molecule has 1 aliphatic heterocycles. The molecule has 8 heteroatoms. The molecule has 1 saturated heterocycles. The van der Waals surface area contributed by atoms with Crippen LogP contribution in [-0.2, 0) is 0 Å². The highest BCUT2D eigenvalue weighted by Gasteiger charge is 2.25. The number of rotatable bonds is 3. The monoisotopic (exact) mass is 371 g/mol. The minimum Gasteiger partial charge on any atom is -0.459 e. The molecule has 0 atom stereocenters. The minimum atomic E-state index is -0.339. The number of amides is 2. The van der Waals surface area contributed by atoms with Crippen molar-refractivity contribution in [2.24, 2.45) is 0 Å². The van der Waals surface area contributed by atoms with E-state index in [0.717, 1.165) is 0 Å². The van der Waals surface area contributed by atoms with Crippen LogP contribution in [0.15, 0.2) is 28.9 Å². The van der Waals surface area contributed by atoms with Crippen molar-refractivity contribution in [2.75, 3.05) is 31.1 Å². The molecule has 0 saturated carbocycles. The summed E-state index contributed by atoms with van der Waals surface area (Å²) in [6.07, 6.45) is 1.50. The van der Waals surface area contributed by atoms with E-state index < -0.39 is 0 Å². The lowest BCUT2D eigenvalue weighted by Crippen LogP contribution is -2.49. The number of furan rings is 1. The van der Waals surface area contributed by atoms with Crippen molar-refractivity contribution in [2.45, 2.75) is 33.2 Å². The van der Waals surface area contributed by atoms with Gasteiger partial charge in [-0.25, -0.2) is 9.97 Å². The van der Waals surface area contributed by atoms with Gasteiger partial charge in [-0.2, -0.15) is 0 Å². The number of hydrogen-bond acceptors (Lipinski definition) is 6. The standard InChI is InChI=1S/C19H25N5O3/c1-13-20-14(17(25)22-19(2,3)4)12-16(21-13)23-7-9-24(10-8-23)18(26)15-6-5-11-27-15/h5-6,11-12H,7-10H2,1-4H3,(H,22,25). The van der Waals surface area contributed by atoms with E-state index in [1.807, 2.05) is 20.8 Å². The molecule has 1 aliphatic rings. The Balaban J connectivity index is 1.69. The summed E-state index contributed by atoms with van der Waals surface area (Å²) in [7, 11) is 0. The Morgan fingerprint density at radius 2 is 1.85 bits per heavy atom. The number of aromatic nitrogens is 2. The molecule has 2 aromatic rings. The molecule has 3 heterocycles. The number of aryl methyl sites for hydroxylation is 1. The SMILES string of the molecule is Cc1nc(C(=O)NC(C)(C)C)cc(N2CCN(C(=O)c3ccco3)CC2)n1. The van der Waals surface area contributed by atoms with Crippen molar-refractivity contribution in [1.82, 2.24) is 20.2 Å². The van der Waals surface area contributed by atoms with Crippen LogP contribution in [0.2, 0.25) is 0 Å². The number of nitrogens with zero attached hydrogens (tertiary/aromatic N) is 4. The van der Waals surface area contributed by atoms with Gasteiger partial charge in [-0.15, -0.1) is 0 Å². The van der Waals surface area contributed by atoms with Crippen LogP contribution in [0.25, 0.3) is 0 Å². The molecule has 1 N–H and O–H groups in total. The summed E-state index contributed by atoms with van der Waals surface area (Å²) in [4.78, 5) is 37.4. The van der Waals surface area contributed by atoms with Crippen molar-refractivity contribution < 1.29 is 14.0 Å². The Kier molecular flexibility index (Phi) is 5.16. The zero-order valence-electron chi connectivity index (χ0n) is 16.2. The van der Waals surface area contributed by atoms with Crippen molar-refractivity contribution in [3.8, 4) is 0 Å². The summed E-state index contributed by atoms with van der Waals surface area (Å²) in [5.74, 6) is 1.26. The Morgan fingerprint density at radius 1 is 1.15 bits per heavy atom. The first kappa shape index (κ1) is 18.9. The number of hydrogen-bond donors (Lipinski definition) is 1. The van der Waals surface area contributed by atoms with Gasteiger partial charge in [-0.3, -0.25) is 9.59 Å². The largest absolute Gasteiger partial charge is 0.459 e. The van der Waals surface area contributed by atoms with Crippen LogP contribution in [0, 0.1) is 6.92 Å². The van der Waals surface area contributed by atoms with E-state index >= 15 is 0 Å². The molecule has 27 heavy (non-hydrogen) atoms. The third-order valence-electron chi connectivity index (χ3n) is 4.17. The van der Waals surface area contributed by atoms with Crippen molar-refractivity contribution in [3.05, 3.63) is 41.7 Å². The molecular formula is C19H25N5O3. The molecule has 2 amide bonds. The Labute approximate surface area is 158 Å². The lowest BCUT2D eigenvalue weighted by Gasteiger charge is -2.35. The van der Waals surface area contributed by atoms with Gasteiger partial charge in [-0.1, -0.05) is 0 Å². The lowest BCUT2D eigenvalue weighted by atomic mass is 10.1. The number of carbonyl (C=O) groups is 2. The second-order valence-corrected chi connectivity index (χ2v) is 7.62. The van der Waals surface area contributed by atoms with E-state index in [1.54, 1.807) is 30.0 Å². The average Bonchev–Trinajstić information content (AvgIpc) is 3.14. The Morgan fingerprint density at radius 3 is 2.44 bits per heavy atom. The summed E-state index contributed by atoms with van der Waals surface area (Å²) in [6.45, 7) is 9.93. The van der Waals surface area contributed by atoms with Gasteiger partial charge in [0.1, 0.15) is 17.3 Å². The summed E-state index contributed by atoms with van der Waals surface area (Å²) in [5.41, 5.74) is 0.00928. The molecule has 0 aliphatic carbocycles. The van der Waals surface area contributed by atoms with Crippen LogP contribution >= 0.6 is 0 Å². The number of piperazine rings is 1. The minimum absolute atomic E-state index is 0.108. The second-order valence-electron chi connectivity index (χ2n) is 7.62. The van der Waals surface area contributed by atoms with E-state index in [1.165, 1.54) is 6.26 Å². The maximum absolute atomic E-state index is 12.4. The molecular weight excluding hydrogens is 346 g/mol. The molecule has 0 unspecified atom stereocenters. The number of carbonyl (C=O) groups excluding carboxylic acids is 2. The highest BCUT2D eigenvalue weighted by molar-refractivity contribution is 5.93. The van der Waals surface area contributed by atoms with Gasteiger partial charge in [0.2, 0.25) is 0 Å². The Bertz CT molecular complexity index is 818. The van der Waals surface area contributed by atoms with Crippen molar-refractivity contribution >= 4 is 17.6 Å². The molecule has 8 nitrogen and oxygen atoms in total. The molecule has 2 aromatic heterocycles. The van der Waals surface area contributed by atoms with Crippen LogP contribution in [0.3, 0.4) is 0 Å². The molecule has 0 aromatic carbocycles. The topological polar surface area (TPSA) is 91.6 Å². The molecule has 0 radical (unpaired) electrons. The van der Waals surface area contributed by atoms with E-state index in [2.05, 4.69) is 20.2 Å². The van der Waals surface area contributed by atoms with E-state index in [9.17, 15) is 9.59 Å². The van der Waals surface area contributed by atoms with E-state index in [-0.39, 0.29) is 17.4 Å². The van der Waals surface area contributed by atoms with Gasteiger partial charge in [0.05, 0.1) is 6.26 Å². The molecule has 0 spiro atoms.